The fourth-order valence-corrected chi connectivity index (χ4v) is 3.02. The first-order chi connectivity index (χ1) is 6.58. The molecule has 2 heterocycles. The van der Waals surface area contributed by atoms with Gasteiger partial charge in [0.1, 0.15) is 0 Å². The molecule has 1 saturated heterocycles. The first kappa shape index (κ1) is 9.67. The van der Waals surface area contributed by atoms with Gasteiger partial charge in [0, 0.05) is 12.6 Å². The normalized spacial score (nSPS) is 21.5. The van der Waals surface area contributed by atoms with Gasteiger partial charge in [-0.1, -0.05) is 5.16 Å². The van der Waals surface area contributed by atoms with Crippen molar-refractivity contribution >= 4 is 10.0 Å². The highest BCUT2D eigenvalue weighted by Crippen LogP contribution is 2.17. The number of hydrogen-bond acceptors (Lipinski definition) is 4. The van der Waals surface area contributed by atoms with Gasteiger partial charge in [0.15, 0.2) is 5.76 Å². The van der Waals surface area contributed by atoms with Crippen LogP contribution in [0, 0.1) is 6.92 Å². The molecule has 5 nitrogen and oxygen atoms in total. The average Bonchev–Trinajstić information content (AvgIpc) is 2.61. The van der Waals surface area contributed by atoms with E-state index < -0.39 is 10.0 Å². The monoisotopic (exact) mass is 216 g/mol. The van der Waals surface area contributed by atoms with Crippen LogP contribution in [0.15, 0.2) is 10.6 Å². The average molecular weight is 216 g/mol. The van der Waals surface area contributed by atoms with Crippen molar-refractivity contribution in [3.8, 4) is 0 Å². The third-order valence-corrected chi connectivity index (χ3v) is 4.12. The number of aromatic nitrogens is 1. The van der Waals surface area contributed by atoms with Crippen LogP contribution in [0.1, 0.15) is 17.9 Å². The summed E-state index contributed by atoms with van der Waals surface area (Å²) in [5, 5.41) is 3.71. The van der Waals surface area contributed by atoms with Crippen LogP contribution in [-0.4, -0.2) is 30.2 Å². The first-order valence-corrected chi connectivity index (χ1v) is 6.09. The molecule has 0 unspecified atom stereocenters. The molecule has 1 aromatic heterocycles. The van der Waals surface area contributed by atoms with Crippen LogP contribution in [0.4, 0.5) is 0 Å². The van der Waals surface area contributed by atoms with Crippen LogP contribution < -0.4 is 0 Å². The predicted octanol–water partition coefficient (Wildman–Crippen LogP) is 0.519. The van der Waals surface area contributed by atoms with E-state index in [4.69, 9.17) is 4.52 Å². The van der Waals surface area contributed by atoms with Crippen molar-refractivity contribution in [3.05, 3.63) is 17.5 Å². The van der Waals surface area contributed by atoms with E-state index in [1.54, 1.807) is 6.07 Å². The Morgan fingerprint density at radius 1 is 1.64 bits per heavy atom. The molecule has 78 valence electrons. The Hall–Kier alpha value is -0.880. The summed E-state index contributed by atoms with van der Waals surface area (Å²) in [6, 6.07) is 1.76. The molecule has 14 heavy (non-hydrogen) atoms. The second-order valence-corrected chi connectivity index (χ2v) is 5.53. The van der Waals surface area contributed by atoms with Crippen LogP contribution >= 0.6 is 0 Å². The van der Waals surface area contributed by atoms with Crippen molar-refractivity contribution in [1.29, 1.82) is 0 Å². The standard InChI is InChI=1S/C8H12N2O3S/c1-7-5-8(13-9-7)6-10-3-2-4-14(10,11)12/h5H,2-4,6H2,1H3. The fourth-order valence-electron chi connectivity index (χ4n) is 1.53. The Labute approximate surface area is 82.7 Å². The summed E-state index contributed by atoms with van der Waals surface area (Å²) < 4.78 is 29.3. The maximum atomic E-state index is 11.4. The van der Waals surface area contributed by atoms with E-state index in [-0.39, 0.29) is 5.75 Å². The molecule has 2 rings (SSSR count). The van der Waals surface area contributed by atoms with Crippen molar-refractivity contribution < 1.29 is 12.9 Å². The summed E-state index contributed by atoms with van der Waals surface area (Å²) in [5.41, 5.74) is 0.775. The summed E-state index contributed by atoms with van der Waals surface area (Å²) in [5.74, 6) is 0.855. The lowest BCUT2D eigenvalue weighted by Gasteiger charge is -2.10. The van der Waals surface area contributed by atoms with Crippen LogP contribution in [0.2, 0.25) is 0 Å². The molecule has 1 aliphatic heterocycles. The number of aryl methyl sites for hydroxylation is 1. The number of sulfonamides is 1. The van der Waals surface area contributed by atoms with Crippen LogP contribution in [0.3, 0.4) is 0 Å². The molecule has 0 aromatic carbocycles. The van der Waals surface area contributed by atoms with Gasteiger partial charge < -0.3 is 4.52 Å². The predicted molar refractivity (Wildman–Crippen MR) is 50.1 cm³/mol. The van der Waals surface area contributed by atoms with E-state index in [1.807, 2.05) is 6.92 Å². The van der Waals surface area contributed by atoms with E-state index in [1.165, 1.54) is 4.31 Å². The molecule has 0 saturated carbocycles. The maximum absolute atomic E-state index is 11.4. The van der Waals surface area contributed by atoms with Gasteiger partial charge in [-0.05, 0) is 13.3 Å². The molecule has 0 spiro atoms. The molecule has 6 heteroatoms. The topological polar surface area (TPSA) is 63.4 Å². The minimum absolute atomic E-state index is 0.250. The number of hydrogen-bond donors (Lipinski definition) is 0. The lowest BCUT2D eigenvalue weighted by Crippen LogP contribution is -2.24. The summed E-state index contributed by atoms with van der Waals surface area (Å²) in [7, 11) is -3.03. The summed E-state index contributed by atoms with van der Waals surface area (Å²) in [6.07, 6.45) is 0.704. The van der Waals surface area contributed by atoms with Gasteiger partial charge in [-0.2, -0.15) is 4.31 Å². The molecule has 0 aliphatic carbocycles. The minimum Gasteiger partial charge on any atom is -0.360 e. The SMILES string of the molecule is Cc1cc(CN2CCCS2(=O)=O)on1. The minimum atomic E-state index is -3.03. The third kappa shape index (κ3) is 1.80. The van der Waals surface area contributed by atoms with Gasteiger partial charge in [0.25, 0.3) is 0 Å². The molecule has 1 aliphatic rings. The van der Waals surface area contributed by atoms with E-state index in [0.29, 0.717) is 25.3 Å². The summed E-state index contributed by atoms with van der Waals surface area (Å²) >= 11 is 0. The molecule has 0 N–H and O–H groups in total. The number of nitrogens with zero attached hydrogens (tertiary/aromatic N) is 2. The molecule has 1 fully saturated rings. The Morgan fingerprint density at radius 3 is 2.93 bits per heavy atom. The maximum Gasteiger partial charge on any atom is 0.214 e. The van der Waals surface area contributed by atoms with E-state index in [9.17, 15) is 8.42 Å². The van der Waals surface area contributed by atoms with Crippen molar-refractivity contribution in [2.75, 3.05) is 12.3 Å². The quantitative estimate of drug-likeness (QED) is 0.723. The Morgan fingerprint density at radius 2 is 2.43 bits per heavy atom. The van der Waals surface area contributed by atoms with Crippen LogP contribution in [0.25, 0.3) is 0 Å². The van der Waals surface area contributed by atoms with E-state index in [2.05, 4.69) is 5.16 Å². The van der Waals surface area contributed by atoms with E-state index >= 15 is 0 Å². The van der Waals surface area contributed by atoms with E-state index in [0.717, 1.165) is 5.69 Å². The highest BCUT2D eigenvalue weighted by Gasteiger charge is 2.28. The van der Waals surface area contributed by atoms with Gasteiger partial charge in [0.2, 0.25) is 10.0 Å². The highest BCUT2D eigenvalue weighted by molar-refractivity contribution is 7.89. The molecular formula is C8H12N2O3S. The summed E-state index contributed by atoms with van der Waals surface area (Å²) in [6.45, 7) is 2.71. The second-order valence-electron chi connectivity index (χ2n) is 3.44. The molecule has 1 aromatic rings. The van der Waals surface area contributed by atoms with Gasteiger partial charge in [-0.15, -0.1) is 0 Å². The molecule has 0 bridgehead atoms. The Kier molecular flexibility index (Phi) is 2.32. The molecule has 0 amide bonds. The summed E-state index contributed by atoms with van der Waals surface area (Å²) in [4.78, 5) is 0. The zero-order valence-corrected chi connectivity index (χ0v) is 8.75. The fraction of sp³-hybridized carbons (Fsp3) is 0.625. The molecule has 0 atom stereocenters. The van der Waals surface area contributed by atoms with Crippen molar-refractivity contribution in [3.63, 3.8) is 0 Å². The van der Waals surface area contributed by atoms with Crippen LogP contribution in [0.5, 0.6) is 0 Å². The second kappa shape index (κ2) is 3.36. The van der Waals surface area contributed by atoms with Crippen molar-refractivity contribution in [2.45, 2.75) is 19.9 Å². The van der Waals surface area contributed by atoms with Crippen molar-refractivity contribution in [1.82, 2.24) is 9.46 Å². The third-order valence-electron chi connectivity index (χ3n) is 2.21. The lowest BCUT2D eigenvalue weighted by atomic mass is 10.4. The van der Waals surface area contributed by atoms with Gasteiger partial charge in [-0.3, -0.25) is 0 Å². The highest BCUT2D eigenvalue weighted by atomic mass is 32.2. The first-order valence-electron chi connectivity index (χ1n) is 4.48. The van der Waals surface area contributed by atoms with Crippen molar-refractivity contribution in [2.24, 2.45) is 0 Å². The zero-order valence-electron chi connectivity index (χ0n) is 7.93. The smallest absolute Gasteiger partial charge is 0.214 e. The van der Waals surface area contributed by atoms with Gasteiger partial charge >= 0.3 is 0 Å². The molecular weight excluding hydrogens is 204 g/mol. The Bertz CT molecular complexity index is 424. The van der Waals surface area contributed by atoms with Gasteiger partial charge in [0.05, 0.1) is 18.0 Å². The molecule has 0 radical (unpaired) electrons. The largest absolute Gasteiger partial charge is 0.360 e. The van der Waals surface area contributed by atoms with Gasteiger partial charge in [-0.25, -0.2) is 8.42 Å². The lowest BCUT2D eigenvalue weighted by molar-refractivity contribution is 0.331. The number of rotatable bonds is 2. The van der Waals surface area contributed by atoms with Crippen LogP contribution in [-0.2, 0) is 16.6 Å². The zero-order chi connectivity index (χ0) is 10.2. The Balaban J connectivity index is 2.12.